The minimum atomic E-state index is -0.0457. The number of amides is 1. The lowest BCUT2D eigenvalue weighted by atomic mass is 10.1. The van der Waals surface area contributed by atoms with E-state index in [1.165, 1.54) is 0 Å². The molecular formula is C18H21N3O2S. The maximum atomic E-state index is 12.6. The molecule has 1 aromatic carbocycles. The van der Waals surface area contributed by atoms with E-state index >= 15 is 0 Å². The van der Waals surface area contributed by atoms with Crippen LogP contribution in [0, 0.1) is 6.92 Å². The Balaban J connectivity index is 1.71. The summed E-state index contributed by atoms with van der Waals surface area (Å²) >= 11 is 1.63. The monoisotopic (exact) mass is 343 g/mol. The molecule has 6 heteroatoms. The van der Waals surface area contributed by atoms with E-state index in [9.17, 15) is 4.79 Å². The molecule has 2 heterocycles. The smallest absolute Gasteiger partial charge is 0.253 e. The zero-order valence-corrected chi connectivity index (χ0v) is 14.7. The number of thiazole rings is 1. The van der Waals surface area contributed by atoms with Crippen molar-refractivity contribution in [2.75, 3.05) is 20.3 Å². The Morgan fingerprint density at radius 3 is 2.96 bits per heavy atom. The van der Waals surface area contributed by atoms with Gasteiger partial charge < -0.3 is 14.6 Å². The Bertz CT molecular complexity index is 838. The average molecular weight is 343 g/mol. The second-order valence-electron chi connectivity index (χ2n) is 5.63. The standard InChI is InChI=1S/C18H21N3O2S/c1-13-12-24-17(20-13)7-8-19-18(22)15-11-21(9-10-23-2)16-6-4-3-5-14(15)16/h3-6,11-12H,7-10H2,1-2H3,(H,19,22). The number of aromatic nitrogens is 2. The lowest BCUT2D eigenvalue weighted by Gasteiger charge is -2.03. The Kier molecular flexibility index (Phi) is 5.27. The number of carbonyl (C=O) groups excluding carboxylic acids is 1. The van der Waals surface area contributed by atoms with Crippen LogP contribution in [0.3, 0.4) is 0 Å². The van der Waals surface area contributed by atoms with Crippen LogP contribution >= 0.6 is 11.3 Å². The number of ether oxygens (including phenoxy) is 1. The lowest BCUT2D eigenvalue weighted by Crippen LogP contribution is -2.25. The Labute approximate surface area is 145 Å². The van der Waals surface area contributed by atoms with Crippen LogP contribution in [-0.4, -0.2) is 35.7 Å². The number of rotatable bonds is 7. The quantitative estimate of drug-likeness (QED) is 0.717. The predicted octanol–water partition coefficient (Wildman–Crippen LogP) is 3.03. The summed E-state index contributed by atoms with van der Waals surface area (Å²) in [6.45, 7) is 3.91. The van der Waals surface area contributed by atoms with Gasteiger partial charge in [-0.3, -0.25) is 4.79 Å². The summed E-state index contributed by atoms with van der Waals surface area (Å²) in [7, 11) is 1.68. The van der Waals surface area contributed by atoms with Gasteiger partial charge in [-0.15, -0.1) is 11.3 Å². The third-order valence-corrected chi connectivity index (χ3v) is 4.89. The first kappa shape index (κ1) is 16.7. The summed E-state index contributed by atoms with van der Waals surface area (Å²) in [6, 6.07) is 7.95. The maximum Gasteiger partial charge on any atom is 0.253 e. The number of nitrogens with zero attached hydrogens (tertiary/aromatic N) is 2. The molecule has 0 spiro atoms. The first-order valence-electron chi connectivity index (χ1n) is 7.95. The molecule has 0 bridgehead atoms. The topological polar surface area (TPSA) is 56.1 Å². The zero-order valence-electron chi connectivity index (χ0n) is 13.9. The van der Waals surface area contributed by atoms with E-state index in [4.69, 9.17) is 4.74 Å². The van der Waals surface area contributed by atoms with Crippen LogP contribution in [0.1, 0.15) is 21.1 Å². The highest BCUT2D eigenvalue weighted by molar-refractivity contribution is 7.09. The number of hydrogen-bond acceptors (Lipinski definition) is 4. The van der Waals surface area contributed by atoms with Gasteiger partial charge in [-0.1, -0.05) is 18.2 Å². The van der Waals surface area contributed by atoms with E-state index < -0.39 is 0 Å². The summed E-state index contributed by atoms with van der Waals surface area (Å²) in [5.41, 5.74) is 2.79. The van der Waals surface area contributed by atoms with Crippen LogP contribution in [-0.2, 0) is 17.7 Å². The van der Waals surface area contributed by atoms with Gasteiger partial charge in [0.15, 0.2) is 0 Å². The number of para-hydroxylation sites is 1. The molecule has 0 radical (unpaired) electrons. The highest BCUT2D eigenvalue weighted by Gasteiger charge is 2.14. The van der Waals surface area contributed by atoms with Crippen LogP contribution < -0.4 is 5.32 Å². The average Bonchev–Trinajstić information content (AvgIpc) is 3.17. The molecule has 2 aromatic heterocycles. The van der Waals surface area contributed by atoms with Crippen LogP contribution in [0.5, 0.6) is 0 Å². The number of nitrogens with one attached hydrogen (secondary N) is 1. The summed E-state index contributed by atoms with van der Waals surface area (Å²) in [6.07, 6.45) is 2.67. The predicted molar refractivity (Wildman–Crippen MR) is 96.7 cm³/mol. The third kappa shape index (κ3) is 3.66. The summed E-state index contributed by atoms with van der Waals surface area (Å²) < 4.78 is 7.22. The van der Waals surface area contributed by atoms with Crippen LogP contribution in [0.25, 0.3) is 10.9 Å². The number of aryl methyl sites for hydroxylation is 1. The maximum absolute atomic E-state index is 12.6. The minimum Gasteiger partial charge on any atom is -0.383 e. The molecule has 0 aliphatic rings. The number of methoxy groups -OCH3 is 1. The van der Waals surface area contributed by atoms with Gasteiger partial charge in [0.25, 0.3) is 5.91 Å². The molecule has 3 rings (SSSR count). The van der Waals surface area contributed by atoms with Gasteiger partial charge in [0.2, 0.25) is 0 Å². The van der Waals surface area contributed by atoms with Crippen molar-refractivity contribution >= 4 is 28.1 Å². The molecule has 3 aromatic rings. The summed E-state index contributed by atoms with van der Waals surface area (Å²) in [5, 5.41) is 7.05. The van der Waals surface area contributed by atoms with Crippen molar-refractivity contribution in [1.29, 1.82) is 0 Å². The molecule has 5 nitrogen and oxygen atoms in total. The van der Waals surface area contributed by atoms with Gasteiger partial charge in [0.05, 0.1) is 17.2 Å². The lowest BCUT2D eigenvalue weighted by molar-refractivity contribution is 0.0955. The SMILES string of the molecule is COCCn1cc(C(=O)NCCc2nc(C)cs2)c2ccccc21. The summed E-state index contributed by atoms with van der Waals surface area (Å²) in [5.74, 6) is -0.0457. The fraction of sp³-hybridized carbons (Fsp3) is 0.333. The molecule has 24 heavy (non-hydrogen) atoms. The fourth-order valence-corrected chi connectivity index (χ4v) is 3.47. The van der Waals surface area contributed by atoms with E-state index in [-0.39, 0.29) is 5.91 Å². The molecular weight excluding hydrogens is 322 g/mol. The molecule has 1 N–H and O–H groups in total. The summed E-state index contributed by atoms with van der Waals surface area (Å²) in [4.78, 5) is 17.0. The first-order valence-corrected chi connectivity index (χ1v) is 8.83. The molecule has 0 aliphatic carbocycles. The molecule has 0 saturated carbocycles. The van der Waals surface area contributed by atoms with Crippen molar-refractivity contribution in [3.63, 3.8) is 0 Å². The molecule has 126 valence electrons. The second kappa shape index (κ2) is 7.59. The minimum absolute atomic E-state index is 0.0457. The van der Waals surface area contributed by atoms with Crippen LogP contribution in [0.15, 0.2) is 35.8 Å². The van der Waals surface area contributed by atoms with E-state index in [1.807, 2.05) is 42.8 Å². The van der Waals surface area contributed by atoms with Gasteiger partial charge in [-0.25, -0.2) is 4.98 Å². The van der Waals surface area contributed by atoms with E-state index in [0.29, 0.717) is 18.7 Å². The normalized spacial score (nSPS) is 11.1. The van der Waals surface area contributed by atoms with Crippen molar-refractivity contribution < 1.29 is 9.53 Å². The number of benzene rings is 1. The number of carbonyl (C=O) groups is 1. The Morgan fingerprint density at radius 2 is 2.21 bits per heavy atom. The molecule has 1 amide bonds. The highest BCUT2D eigenvalue weighted by Crippen LogP contribution is 2.21. The molecule has 0 unspecified atom stereocenters. The van der Waals surface area contributed by atoms with Crippen LogP contribution in [0.2, 0.25) is 0 Å². The van der Waals surface area contributed by atoms with Crippen LogP contribution in [0.4, 0.5) is 0 Å². The van der Waals surface area contributed by atoms with E-state index in [1.54, 1.807) is 18.4 Å². The Morgan fingerprint density at radius 1 is 1.38 bits per heavy atom. The zero-order chi connectivity index (χ0) is 16.9. The third-order valence-electron chi connectivity index (χ3n) is 3.86. The number of hydrogen-bond donors (Lipinski definition) is 1. The van der Waals surface area contributed by atoms with Crippen molar-refractivity contribution in [1.82, 2.24) is 14.9 Å². The number of fused-ring (bicyclic) bond motifs is 1. The first-order chi connectivity index (χ1) is 11.7. The second-order valence-corrected chi connectivity index (χ2v) is 6.58. The van der Waals surface area contributed by atoms with E-state index in [0.717, 1.165) is 34.6 Å². The van der Waals surface area contributed by atoms with Gasteiger partial charge in [-0.2, -0.15) is 0 Å². The van der Waals surface area contributed by atoms with Crippen molar-refractivity contribution in [3.8, 4) is 0 Å². The van der Waals surface area contributed by atoms with Gasteiger partial charge in [0, 0.05) is 54.8 Å². The Hall–Kier alpha value is -2.18. The molecule has 0 fully saturated rings. The van der Waals surface area contributed by atoms with Crippen molar-refractivity contribution in [2.24, 2.45) is 0 Å². The van der Waals surface area contributed by atoms with Gasteiger partial charge in [-0.05, 0) is 13.0 Å². The van der Waals surface area contributed by atoms with Crippen molar-refractivity contribution in [2.45, 2.75) is 19.9 Å². The molecule has 0 aliphatic heterocycles. The molecule has 0 atom stereocenters. The molecule has 0 saturated heterocycles. The van der Waals surface area contributed by atoms with Gasteiger partial charge >= 0.3 is 0 Å². The van der Waals surface area contributed by atoms with Gasteiger partial charge in [0.1, 0.15) is 0 Å². The fourth-order valence-electron chi connectivity index (χ4n) is 2.70. The van der Waals surface area contributed by atoms with E-state index in [2.05, 4.69) is 14.9 Å². The van der Waals surface area contributed by atoms with Crippen molar-refractivity contribution in [3.05, 3.63) is 52.1 Å². The highest BCUT2D eigenvalue weighted by atomic mass is 32.1. The largest absolute Gasteiger partial charge is 0.383 e.